The zero-order chi connectivity index (χ0) is 29.8. The van der Waals surface area contributed by atoms with Gasteiger partial charge in [0.1, 0.15) is 28.4 Å². The molecule has 13 nitrogen and oxygen atoms in total. The van der Waals surface area contributed by atoms with E-state index in [1.165, 1.54) is 23.3 Å². The Bertz CT molecular complexity index is 1730. The van der Waals surface area contributed by atoms with Crippen LogP contribution in [0.5, 0.6) is 6.01 Å². The van der Waals surface area contributed by atoms with Crippen molar-refractivity contribution in [1.29, 1.82) is 10.5 Å². The molecule has 0 aromatic carbocycles. The number of aromatic nitrogens is 4. The number of thiophene rings is 1. The summed E-state index contributed by atoms with van der Waals surface area (Å²) in [6.07, 6.45) is 2.57. The summed E-state index contributed by atoms with van der Waals surface area (Å²) in [7, 11) is 3.12. The molecule has 1 fully saturated rings. The number of ether oxygens (including phenoxy) is 1. The van der Waals surface area contributed by atoms with Gasteiger partial charge in [0, 0.05) is 43.5 Å². The van der Waals surface area contributed by atoms with E-state index >= 15 is 0 Å². The first-order valence-electron chi connectivity index (χ1n) is 13.4. The van der Waals surface area contributed by atoms with E-state index in [2.05, 4.69) is 42.1 Å². The largest absolute Gasteiger partial charge is 0.467 e. The molecule has 1 aliphatic carbocycles. The van der Waals surface area contributed by atoms with Crippen LogP contribution in [0.4, 0.5) is 16.6 Å². The van der Waals surface area contributed by atoms with Crippen molar-refractivity contribution in [2.75, 3.05) is 49.3 Å². The summed E-state index contributed by atoms with van der Waals surface area (Å²) >= 11 is 8.35. The molecule has 0 radical (unpaired) electrons. The van der Waals surface area contributed by atoms with Crippen LogP contribution in [0.15, 0.2) is 9.98 Å². The minimum atomic E-state index is -0.179. The molecule has 0 bridgehead atoms. The zero-order valence-corrected chi connectivity index (χ0v) is 25.1. The third kappa shape index (κ3) is 4.30. The summed E-state index contributed by atoms with van der Waals surface area (Å²) in [5, 5.41) is 25.9. The summed E-state index contributed by atoms with van der Waals surface area (Å²) in [5.74, 6) is 1.68. The molecule has 1 saturated heterocycles. The van der Waals surface area contributed by atoms with Gasteiger partial charge >= 0.3 is 6.01 Å². The predicted molar refractivity (Wildman–Crippen MR) is 162 cm³/mol. The Balaban J connectivity index is 1.35. The lowest BCUT2D eigenvalue weighted by Crippen LogP contribution is -2.59. The Hall–Kier alpha value is -4.40. The van der Waals surface area contributed by atoms with Gasteiger partial charge < -0.3 is 26.0 Å². The van der Waals surface area contributed by atoms with Crippen LogP contribution < -0.4 is 26.0 Å². The zero-order valence-electron chi connectivity index (χ0n) is 23.5. The van der Waals surface area contributed by atoms with Gasteiger partial charge in [0.2, 0.25) is 0 Å². The SMILES string of the molecule is CN=C(N=C(C)N)c1nn2c(c1Cl)CN(c1nc(OC)nc(N3CC4(CCc5sc(N)c(C#N)c54)C3)c1C#N)CCC2. The van der Waals surface area contributed by atoms with Crippen LogP contribution in [-0.2, 0) is 24.9 Å². The quantitative estimate of drug-likeness (QED) is 0.331. The normalized spacial score (nSPS) is 17.8. The number of nitrogens with zero attached hydrogens (tertiary/aromatic N) is 10. The van der Waals surface area contributed by atoms with E-state index in [1.807, 2.05) is 9.58 Å². The molecule has 5 heterocycles. The van der Waals surface area contributed by atoms with Crippen molar-refractivity contribution in [3.05, 3.63) is 38.0 Å². The van der Waals surface area contributed by atoms with Gasteiger partial charge in [0.25, 0.3) is 0 Å². The van der Waals surface area contributed by atoms with Crippen LogP contribution in [0.1, 0.15) is 52.7 Å². The molecule has 15 heteroatoms. The summed E-state index contributed by atoms with van der Waals surface area (Å²) in [6, 6.07) is 4.84. The molecule has 0 amide bonds. The number of nitrogen functional groups attached to an aromatic ring is 1. The number of halogens is 1. The van der Waals surface area contributed by atoms with Gasteiger partial charge in [0.05, 0.1) is 35.8 Å². The minimum absolute atomic E-state index is 0.169. The Morgan fingerprint density at radius 1 is 1.14 bits per heavy atom. The first-order valence-corrected chi connectivity index (χ1v) is 14.6. The molecule has 0 atom stereocenters. The number of anilines is 3. The molecular weight excluding hydrogens is 576 g/mol. The van der Waals surface area contributed by atoms with Crippen molar-refractivity contribution in [2.45, 2.75) is 44.7 Å². The molecule has 2 aliphatic heterocycles. The number of amidine groups is 2. The van der Waals surface area contributed by atoms with Gasteiger partial charge in [-0.2, -0.15) is 25.6 Å². The molecule has 4 N–H and O–H groups in total. The smallest absolute Gasteiger partial charge is 0.320 e. The van der Waals surface area contributed by atoms with E-state index in [0.717, 1.165) is 30.5 Å². The molecular formula is C27H29ClN12OS. The van der Waals surface area contributed by atoms with Crippen LogP contribution in [0.25, 0.3) is 0 Å². The van der Waals surface area contributed by atoms with Crippen molar-refractivity contribution in [2.24, 2.45) is 15.7 Å². The predicted octanol–water partition coefficient (Wildman–Crippen LogP) is 2.59. The number of hydrogen-bond acceptors (Lipinski definition) is 11. The third-order valence-electron chi connectivity index (χ3n) is 8.05. The van der Waals surface area contributed by atoms with Crippen molar-refractivity contribution in [3.8, 4) is 18.1 Å². The van der Waals surface area contributed by atoms with Crippen LogP contribution in [0.3, 0.4) is 0 Å². The number of rotatable bonds is 4. The van der Waals surface area contributed by atoms with Gasteiger partial charge in [-0.1, -0.05) is 11.6 Å². The molecule has 3 aromatic rings. The highest BCUT2D eigenvalue weighted by atomic mass is 35.5. The summed E-state index contributed by atoms with van der Waals surface area (Å²) < 4.78 is 7.35. The van der Waals surface area contributed by atoms with E-state index in [4.69, 9.17) is 27.8 Å². The molecule has 216 valence electrons. The Kier molecular flexibility index (Phi) is 6.91. The number of nitriles is 2. The van der Waals surface area contributed by atoms with E-state index in [-0.39, 0.29) is 11.4 Å². The van der Waals surface area contributed by atoms with E-state index in [0.29, 0.717) is 82.9 Å². The lowest BCUT2D eigenvalue weighted by Gasteiger charge is -2.49. The monoisotopic (exact) mass is 604 g/mol. The number of hydrogen-bond donors (Lipinski definition) is 2. The van der Waals surface area contributed by atoms with Crippen LogP contribution >= 0.6 is 22.9 Å². The molecule has 3 aromatic heterocycles. The molecule has 6 rings (SSSR count). The second kappa shape index (κ2) is 10.5. The molecule has 0 unspecified atom stereocenters. The average molecular weight is 605 g/mol. The van der Waals surface area contributed by atoms with Gasteiger partial charge in [-0.25, -0.2) is 4.99 Å². The average Bonchev–Trinajstić information content (AvgIpc) is 3.52. The van der Waals surface area contributed by atoms with Crippen LogP contribution in [0, 0.1) is 22.7 Å². The van der Waals surface area contributed by atoms with Crippen molar-refractivity contribution in [1.82, 2.24) is 19.7 Å². The lowest BCUT2D eigenvalue weighted by molar-refractivity contribution is 0.323. The second-order valence-corrected chi connectivity index (χ2v) is 12.2. The maximum absolute atomic E-state index is 10.4. The van der Waals surface area contributed by atoms with Crippen LogP contribution in [0.2, 0.25) is 5.02 Å². The summed E-state index contributed by atoms with van der Waals surface area (Å²) in [6.45, 7) is 4.52. The minimum Gasteiger partial charge on any atom is -0.467 e. The number of methoxy groups -OCH3 is 1. The van der Waals surface area contributed by atoms with Crippen molar-refractivity contribution >= 4 is 51.2 Å². The van der Waals surface area contributed by atoms with Crippen molar-refractivity contribution < 1.29 is 4.74 Å². The lowest BCUT2D eigenvalue weighted by atomic mass is 9.74. The number of aryl methyl sites for hydroxylation is 2. The molecule has 3 aliphatic rings. The van der Waals surface area contributed by atoms with Crippen molar-refractivity contribution in [3.63, 3.8) is 0 Å². The first kappa shape index (κ1) is 27.8. The fraction of sp³-hybridized carbons (Fsp3) is 0.444. The standard InChI is InChI=1S/C27H29ClN12OS/c1-14(31)34-23(33-2)21-20(28)17-11-38(7-4-8-40(17)37-21)24-16(10-30)25(36-26(35-24)41-3)39-12-27(13-39)6-5-18-19(27)15(9-29)22(32)42-18/h4-8,11-13,32H2,1-3H3,(H2,31,33,34). The molecule has 0 saturated carbocycles. The summed E-state index contributed by atoms with van der Waals surface area (Å²) in [5.41, 5.74) is 15.0. The van der Waals surface area contributed by atoms with Gasteiger partial charge in [0.15, 0.2) is 17.5 Å². The fourth-order valence-corrected chi connectivity index (χ4v) is 7.64. The highest BCUT2D eigenvalue weighted by Gasteiger charge is 2.52. The highest BCUT2D eigenvalue weighted by molar-refractivity contribution is 7.16. The fourth-order valence-electron chi connectivity index (χ4n) is 6.22. The number of fused-ring (bicyclic) bond motifs is 3. The third-order valence-corrected chi connectivity index (χ3v) is 9.53. The summed E-state index contributed by atoms with van der Waals surface area (Å²) in [4.78, 5) is 23.0. The van der Waals surface area contributed by atoms with E-state index < -0.39 is 0 Å². The maximum Gasteiger partial charge on any atom is 0.320 e. The Morgan fingerprint density at radius 3 is 2.50 bits per heavy atom. The van der Waals surface area contributed by atoms with E-state index in [9.17, 15) is 10.5 Å². The second-order valence-electron chi connectivity index (χ2n) is 10.6. The Labute approximate surface area is 251 Å². The number of nitrogens with two attached hydrogens (primary N) is 2. The van der Waals surface area contributed by atoms with Gasteiger partial charge in [-0.15, -0.1) is 11.3 Å². The van der Waals surface area contributed by atoms with Gasteiger partial charge in [-0.05, 0) is 31.7 Å². The number of aliphatic imine (C=N–C) groups is 2. The molecule has 42 heavy (non-hydrogen) atoms. The topological polar surface area (TPSA) is 184 Å². The maximum atomic E-state index is 10.4. The van der Waals surface area contributed by atoms with E-state index in [1.54, 1.807) is 14.0 Å². The first-order chi connectivity index (χ1) is 20.2. The van der Waals surface area contributed by atoms with Crippen LogP contribution in [-0.4, -0.2) is 65.2 Å². The Morgan fingerprint density at radius 2 is 1.86 bits per heavy atom. The van der Waals surface area contributed by atoms with Gasteiger partial charge in [-0.3, -0.25) is 9.67 Å². The highest BCUT2D eigenvalue weighted by Crippen LogP contribution is 2.53. The molecule has 1 spiro atoms.